The van der Waals surface area contributed by atoms with Crippen LogP contribution in [0.4, 0.5) is 5.95 Å². The van der Waals surface area contributed by atoms with Crippen LogP contribution in [0.5, 0.6) is 0 Å². The van der Waals surface area contributed by atoms with Crippen LogP contribution < -0.4 is 5.73 Å². The summed E-state index contributed by atoms with van der Waals surface area (Å²) < 4.78 is 3.88. The van der Waals surface area contributed by atoms with Gasteiger partial charge in [0.05, 0.1) is 27.3 Å². The van der Waals surface area contributed by atoms with Gasteiger partial charge in [-0.1, -0.05) is 0 Å². The van der Waals surface area contributed by atoms with Gasteiger partial charge in [0, 0.05) is 7.05 Å². The van der Waals surface area contributed by atoms with E-state index in [2.05, 4.69) is 22.0 Å². The zero-order valence-corrected chi connectivity index (χ0v) is 13.1. The van der Waals surface area contributed by atoms with E-state index in [1.54, 1.807) is 11.3 Å². The van der Waals surface area contributed by atoms with Crippen molar-refractivity contribution < 1.29 is 0 Å². The summed E-state index contributed by atoms with van der Waals surface area (Å²) in [5, 5.41) is 5.49. The Hall–Kier alpha value is -1.89. The quantitative estimate of drug-likeness (QED) is 0.786. The fourth-order valence-corrected chi connectivity index (χ4v) is 3.72. The predicted octanol–water partition coefficient (Wildman–Crippen LogP) is 2.34. The molecule has 2 N–H and O–H groups in total. The van der Waals surface area contributed by atoms with E-state index in [-0.39, 0.29) is 6.04 Å². The minimum absolute atomic E-state index is 0.0981. The maximum Gasteiger partial charge on any atom is 0.203 e. The molecule has 20 heavy (non-hydrogen) atoms. The van der Waals surface area contributed by atoms with Crippen LogP contribution >= 0.6 is 11.3 Å². The molecule has 3 aromatic heterocycles. The number of thiazole rings is 1. The maximum atomic E-state index is 6.13. The first-order valence-electron chi connectivity index (χ1n) is 6.51. The normalized spacial score (nSPS) is 13.2. The first kappa shape index (κ1) is 13.1. The van der Waals surface area contributed by atoms with Crippen molar-refractivity contribution in [2.45, 2.75) is 33.7 Å². The topological polar surface area (TPSA) is 74.6 Å². The van der Waals surface area contributed by atoms with Crippen molar-refractivity contribution in [1.82, 2.24) is 24.3 Å². The van der Waals surface area contributed by atoms with Gasteiger partial charge in [0.15, 0.2) is 5.65 Å². The number of aromatic nitrogens is 5. The Morgan fingerprint density at radius 1 is 1.15 bits per heavy atom. The number of aryl methyl sites for hydroxylation is 4. The lowest BCUT2D eigenvalue weighted by atomic mass is 10.2. The molecule has 6 nitrogen and oxygen atoms in total. The van der Waals surface area contributed by atoms with Crippen LogP contribution in [0, 0.1) is 20.8 Å². The third-order valence-corrected chi connectivity index (χ3v) is 4.81. The molecule has 0 aromatic carbocycles. The first-order valence-corrected chi connectivity index (χ1v) is 7.32. The van der Waals surface area contributed by atoms with Gasteiger partial charge in [-0.2, -0.15) is 5.10 Å². The highest BCUT2D eigenvalue weighted by Gasteiger charge is 2.23. The van der Waals surface area contributed by atoms with E-state index < -0.39 is 0 Å². The maximum absolute atomic E-state index is 6.13. The number of rotatable bonds is 2. The molecule has 3 aromatic rings. The summed E-state index contributed by atoms with van der Waals surface area (Å²) in [6.07, 6.45) is 0. The minimum Gasteiger partial charge on any atom is -0.369 e. The van der Waals surface area contributed by atoms with Gasteiger partial charge in [-0.15, -0.1) is 11.3 Å². The summed E-state index contributed by atoms with van der Waals surface area (Å²) >= 11 is 1.71. The van der Waals surface area contributed by atoms with E-state index in [1.807, 2.05) is 37.1 Å². The SMILES string of the molecule is Cc1nc(C)c(C(C)n2c(N)nc3c(C)nn(C)c32)s1. The molecule has 0 aliphatic rings. The first-order chi connectivity index (χ1) is 9.40. The Bertz CT molecular complexity index is 794. The number of fused-ring (bicyclic) bond motifs is 1. The Kier molecular flexibility index (Phi) is 2.82. The lowest BCUT2D eigenvalue weighted by Crippen LogP contribution is -2.12. The smallest absolute Gasteiger partial charge is 0.203 e. The van der Waals surface area contributed by atoms with E-state index in [0.29, 0.717) is 5.95 Å². The monoisotopic (exact) mass is 290 g/mol. The van der Waals surface area contributed by atoms with Gasteiger partial charge in [-0.25, -0.2) is 9.97 Å². The molecule has 0 amide bonds. The molecule has 0 radical (unpaired) electrons. The third kappa shape index (κ3) is 1.73. The number of imidazole rings is 1. The lowest BCUT2D eigenvalue weighted by molar-refractivity contribution is 0.641. The number of nitrogen functional groups attached to an aromatic ring is 1. The number of nitrogens with two attached hydrogens (primary N) is 1. The van der Waals surface area contributed by atoms with Gasteiger partial charge >= 0.3 is 0 Å². The van der Waals surface area contributed by atoms with Gasteiger partial charge in [-0.05, 0) is 27.7 Å². The van der Waals surface area contributed by atoms with Crippen molar-refractivity contribution in [3.05, 3.63) is 21.3 Å². The molecule has 3 rings (SSSR count). The van der Waals surface area contributed by atoms with Crippen LogP contribution in [0.3, 0.4) is 0 Å². The van der Waals surface area contributed by atoms with E-state index >= 15 is 0 Å². The Labute approximate surface area is 121 Å². The molecule has 0 spiro atoms. The van der Waals surface area contributed by atoms with Crippen molar-refractivity contribution in [2.75, 3.05) is 5.73 Å². The van der Waals surface area contributed by atoms with Crippen LogP contribution in [-0.4, -0.2) is 24.3 Å². The lowest BCUT2D eigenvalue weighted by Gasteiger charge is -2.15. The summed E-state index contributed by atoms with van der Waals surface area (Å²) in [6, 6.07) is 0.0981. The van der Waals surface area contributed by atoms with Gasteiger partial charge in [0.1, 0.15) is 5.52 Å². The molecular formula is C13H18N6S. The molecule has 0 saturated carbocycles. The fraction of sp³-hybridized carbons (Fsp3) is 0.462. The highest BCUT2D eigenvalue weighted by Crippen LogP contribution is 2.32. The van der Waals surface area contributed by atoms with Crippen LogP contribution in [0.15, 0.2) is 0 Å². The second kappa shape index (κ2) is 4.31. The van der Waals surface area contributed by atoms with Crippen molar-refractivity contribution in [3.8, 4) is 0 Å². The Balaban J connectivity index is 2.23. The van der Waals surface area contributed by atoms with E-state index in [9.17, 15) is 0 Å². The zero-order chi connectivity index (χ0) is 14.6. The third-order valence-electron chi connectivity index (χ3n) is 3.57. The van der Waals surface area contributed by atoms with Crippen molar-refractivity contribution in [2.24, 2.45) is 7.05 Å². The molecule has 1 atom stereocenters. The summed E-state index contributed by atoms with van der Waals surface area (Å²) in [7, 11) is 1.92. The van der Waals surface area contributed by atoms with Crippen LogP contribution in [0.1, 0.15) is 34.2 Å². The van der Waals surface area contributed by atoms with E-state index in [0.717, 1.165) is 27.6 Å². The molecule has 0 aliphatic carbocycles. The fourth-order valence-electron chi connectivity index (χ4n) is 2.75. The predicted molar refractivity (Wildman–Crippen MR) is 81.0 cm³/mol. The zero-order valence-electron chi connectivity index (χ0n) is 12.3. The molecule has 7 heteroatoms. The van der Waals surface area contributed by atoms with Crippen LogP contribution in [0.2, 0.25) is 0 Å². The van der Waals surface area contributed by atoms with Gasteiger partial charge in [0.25, 0.3) is 0 Å². The Morgan fingerprint density at radius 3 is 2.45 bits per heavy atom. The molecule has 0 fully saturated rings. The number of hydrogen-bond acceptors (Lipinski definition) is 5. The van der Waals surface area contributed by atoms with Gasteiger partial charge in [0.2, 0.25) is 5.95 Å². The van der Waals surface area contributed by atoms with Gasteiger partial charge in [-0.3, -0.25) is 9.25 Å². The number of hydrogen-bond donors (Lipinski definition) is 1. The van der Waals surface area contributed by atoms with Gasteiger partial charge < -0.3 is 5.73 Å². The average molecular weight is 290 g/mol. The highest BCUT2D eigenvalue weighted by molar-refractivity contribution is 7.11. The molecule has 106 valence electrons. The summed E-state index contributed by atoms with van der Waals surface area (Å²) in [5.74, 6) is 0.522. The molecular weight excluding hydrogens is 272 g/mol. The second-order valence-electron chi connectivity index (χ2n) is 5.08. The summed E-state index contributed by atoms with van der Waals surface area (Å²) in [4.78, 5) is 10.2. The van der Waals surface area contributed by atoms with Crippen molar-refractivity contribution >= 4 is 28.4 Å². The van der Waals surface area contributed by atoms with Crippen LogP contribution in [0.25, 0.3) is 11.2 Å². The summed E-state index contributed by atoms with van der Waals surface area (Å²) in [6.45, 7) is 8.13. The highest BCUT2D eigenvalue weighted by atomic mass is 32.1. The van der Waals surface area contributed by atoms with Crippen molar-refractivity contribution in [3.63, 3.8) is 0 Å². The summed E-state index contributed by atoms with van der Waals surface area (Å²) in [5.41, 5.74) is 9.91. The standard InChI is InChI=1S/C13H18N6S/c1-6-10-12(18(5)17-6)19(13(14)16-10)8(3)11-7(2)15-9(4)20-11/h8H,1-5H3,(H2,14,16). The van der Waals surface area contributed by atoms with E-state index in [4.69, 9.17) is 5.73 Å². The number of anilines is 1. The average Bonchev–Trinajstić information content (AvgIpc) is 2.95. The molecule has 0 aliphatic heterocycles. The van der Waals surface area contributed by atoms with Crippen molar-refractivity contribution in [1.29, 1.82) is 0 Å². The largest absolute Gasteiger partial charge is 0.369 e. The number of nitrogens with zero attached hydrogens (tertiary/aromatic N) is 5. The molecule has 3 heterocycles. The molecule has 1 unspecified atom stereocenters. The Morgan fingerprint density at radius 2 is 1.85 bits per heavy atom. The molecule has 0 bridgehead atoms. The minimum atomic E-state index is 0.0981. The second-order valence-corrected chi connectivity index (χ2v) is 6.31. The van der Waals surface area contributed by atoms with Crippen LogP contribution in [-0.2, 0) is 7.05 Å². The van der Waals surface area contributed by atoms with E-state index in [1.165, 1.54) is 4.88 Å². The molecule has 0 saturated heterocycles.